The molecule has 0 aliphatic heterocycles. The molecule has 0 aliphatic carbocycles. The zero-order valence-electron chi connectivity index (χ0n) is 8.05. The molecule has 3 heteroatoms. The second-order valence-corrected chi connectivity index (χ2v) is 4.24. The first-order chi connectivity index (χ1) is 6.18. The molecule has 0 saturated carbocycles. The number of aromatic nitrogens is 1. The van der Waals surface area contributed by atoms with E-state index in [2.05, 4.69) is 40.1 Å². The molecule has 13 heavy (non-hydrogen) atoms. The highest BCUT2D eigenvalue weighted by Gasteiger charge is 1.95. The largest absolute Gasteiger partial charge is 0.314 e. The predicted molar refractivity (Wildman–Crippen MR) is 58.8 cm³/mol. The quantitative estimate of drug-likeness (QED) is 0.878. The van der Waals surface area contributed by atoms with Gasteiger partial charge in [0.1, 0.15) is 0 Å². The minimum atomic E-state index is 0.551. The van der Waals surface area contributed by atoms with E-state index in [9.17, 15) is 0 Å². The molecule has 0 aliphatic rings. The van der Waals surface area contributed by atoms with Crippen LogP contribution in [0.25, 0.3) is 0 Å². The highest BCUT2D eigenvalue weighted by Crippen LogP contribution is 2.07. The molecule has 0 unspecified atom stereocenters. The van der Waals surface area contributed by atoms with Crippen LogP contribution in [-0.4, -0.2) is 17.6 Å². The van der Waals surface area contributed by atoms with Crippen molar-refractivity contribution in [2.24, 2.45) is 0 Å². The van der Waals surface area contributed by atoms with Crippen molar-refractivity contribution < 1.29 is 0 Å². The van der Waals surface area contributed by atoms with Gasteiger partial charge in [0.15, 0.2) is 0 Å². The maximum atomic E-state index is 4.29. The van der Waals surface area contributed by atoms with Crippen molar-refractivity contribution in [2.75, 3.05) is 6.54 Å². The van der Waals surface area contributed by atoms with Crippen molar-refractivity contribution in [1.82, 2.24) is 10.3 Å². The van der Waals surface area contributed by atoms with Crippen LogP contribution >= 0.6 is 15.9 Å². The van der Waals surface area contributed by atoms with Crippen LogP contribution in [0.15, 0.2) is 22.8 Å². The smallest absolute Gasteiger partial charge is 0.0417 e. The van der Waals surface area contributed by atoms with Crippen molar-refractivity contribution in [2.45, 2.75) is 26.3 Å². The average molecular weight is 243 g/mol. The maximum Gasteiger partial charge on any atom is 0.0417 e. The van der Waals surface area contributed by atoms with Gasteiger partial charge in [0.25, 0.3) is 0 Å². The number of halogens is 1. The van der Waals surface area contributed by atoms with Crippen molar-refractivity contribution in [1.29, 1.82) is 0 Å². The summed E-state index contributed by atoms with van der Waals surface area (Å²) >= 11 is 3.36. The Hall–Kier alpha value is -0.410. The van der Waals surface area contributed by atoms with E-state index < -0.39 is 0 Å². The molecule has 0 spiro atoms. The fourth-order valence-electron chi connectivity index (χ4n) is 1.04. The van der Waals surface area contributed by atoms with E-state index in [1.165, 1.54) is 0 Å². The Morgan fingerprint density at radius 2 is 2.23 bits per heavy atom. The Morgan fingerprint density at radius 3 is 2.77 bits per heavy atom. The number of nitrogens with zero attached hydrogens (tertiary/aromatic N) is 1. The summed E-state index contributed by atoms with van der Waals surface area (Å²) in [7, 11) is 0. The molecule has 0 radical (unpaired) electrons. The van der Waals surface area contributed by atoms with Crippen LogP contribution < -0.4 is 5.32 Å². The van der Waals surface area contributed by atoms with Crippen molar-refractivity contribution in [3.63, 3.8) is 0 Å². The van der Waals surface area contributed by atoms with Crippen LogP contribution in [0.3, 0.4) is 0 Å². The molecule has 1 aromatic heterocycles. The van der Waals surface area contributed by atoms with E-state index in [1.54, 1.807) is 0 Å². The molecule has 1 N–H and O–H groups in total. The lowest BCUT2D eigenvalue weighted by molar-refractivity contribution is 0.587. The molecule has 0 saturated heterocycles. The fourth-order valence-corrected chi connectivity index (χ4v) is 1.28. The Balaban J connectivity index is 2.33. The Morgan fingerprint density at radius 1 is 1.46 bits per heavy atom. The van der Waals surface area contributed by atoms with Gasteiger partial charge in [-0.1, -0.05) is 13.8 Å². The summed E-state index contributed by atoms with van der Waals surface area (Å²) < 4.78 is 1.04. The lowest BCUT2D eigenvalue weighted by Gasteiger charge is -2.06. The molecule has 2 nitrogen and oxygen atoms in total. The molecule has 0 bridgehead atoms. The van der Waals surface area contributed by atoms with Crippen LogP contribution in [0.5, 0.6) is 0 Å². The lowest BCUT2D eigenvalue weighted by atomic mass is 10.2. The number of pyridine rings is 1. The van der Waals surface area contributed by atoms with E-state index in [0.717, 1.165) is 23.1 Å². The molecule has 72 valence electrons. The summed E-state index contributed by atoms with van der Waals surface area (Å²) in [6, 6.07) is 4.62. The van der Waals surface area contributed by atoms with Crippen LogP contribution in [0.1, 0.15) is 19.5 Å². The summed E-state index contributed by atoms with van der Waals surface area (Å²) in [6.07, 6.45) is 2.83. The van der Waals surface area contributed by atoms with Crippen molar-refractivity contribution in [3.8, 4) is 0 Å². The van der Waals surface area contributed by atoms with Crippen molar-refractivity contribution >= 4 is 15.9 Å². The predicted octanol–water partition coefficient (Wildman–Crippen LogP) is 2.38. The first-order valence-corrected chi connectivity index (χ1v) is 5.31. The minimum absolute atomic E-state index is 0.551. The lowest BCUT2D eigenvalue weighted by Crippen LogP contribution is -2.25. The first-order valence-electron chi connectivity index (χ1n) is 4.52. The van der Waals surface area contributed by atoms with E-state index in [4.69, 9.17) is 0 Å². The minimum Gasteiger partial charge on any atom is -0.314 e. The summed E-state index contributed by atoms with van der Waals surface area (Å²) in [5.41, 5.74) is 1.14. The summed E-state index contributed by atoms with van der Waals surface area (Å²) in [4.78, 5) is 4.29. The molecule has 0 amide bonds. The van der Waals surface area contributed by atoms with Gasteiger partial charge in [-0.2, -0.15) is 0 Å². The fraction of sp³-hybridized carbons (Fsp3) is 0.500. The summed E-state index contributed by atoms with van der Waals surface area (Å²) in [5.74, 6) is 0. The van der Waals surface area contributed by atoms with Gasteiger partial charge in [0.2, 0.25) is 0 Å². The Kier molecular flexibility index (Phi) is 4.39. The van der Waals surface area contributed by atoms with Gasteiger partial charge in [-0.15, -0.1) is 0 Å². The summed E-state index contributed by atoms with van der Waals surface area (Å²) in [6.45, 7) is 5.29. The van der Waals surface area contributed by atoms with E-state index in [-0.39, 0.29) is 0 Å². The van der Waals surface area contributed by atoms with Crippen LogP contribution in [0.2, 0.25) is 0 Å². The highest BCUT2D eigenvalue weighted by molar-refractivity contribution is 9.10. The van der Waals surface area contributed by atoms with Gasteiger partial charge in [-0.25, -0.2) is 0 Å². The third kappa shape index (κ3) is 4.39. The number of hydrogen-bond acceptors (Lipinski definition) is 2. The second kappa shape index (κ2) is 5.35. The summed E-state index contributed by atoms with van der Waals surface area (Å²) in [5, 5.41) is 3.36. The normalized spacial score (nSPS) is 10.8. The SMILES string of the molecule is CC(C)NCCc1ccc(Br)cn1. The van der Waals surface area contributed by atoms with Gasteiger partial charge in [-0.05, 0) is 28.1 Å². The van der Waals surface area contributed by atoms with Crippen molar-refractivity contribution in [3.05, 3.63) is 28.5 Å². The highest BCUT2D eigenvalue weighted by atomic mass is 79.9. The van der Waals surface area contributed by atoms with Crippen LogP contribution in [-0.2, 0) is 6.42 Å². The Bertz CT molecular complexity index is 244. The van der Waals surface area contributed by atoms with E-state index >= 15 is 0 Å². The van der Waals surface area contributed by atoms with E-state index in [1.807, 2.05) is 18.3 Å². The van der Waals surface area contributed by atoms with Gasteiger partial charge in [0.05, 0.1) is 0 Å². The number of rotatable bonds is 4. The van der Waals surface area contributed by atoms with Gasteiger partial charge >= 0.3 is 0 Å². The topological polar surface area (TPSA) is 24.9 Å². The molecule has 1 heterocycles. The molecular formula is C10H15BrN2. The van der Waals surface area contributed by atoms with Gasteiger partial charge in [-0.3, -0.25) is 4.98 Å². The second-order valence-electron chi connectivity index (χ2n) is 3.33. The molecule has 1 rings (SSSR count). The van der Waals surface area contributed by atoms with E-state index in [0.29, 0.717) is 6.04 Å². The maximum absolute atomic E-state index is 4.29. The standard InChI is InChI=1S/C10H15BrN2/c1-8(2)12-6-5-10-4-3-9(11)7-13-10/h3-4,7-8,12H,5-6H2,1-2H3. The van der Waals surface area contributed by atoms with Gasteiger partial charge in [0, 0.05) is 35.4 Å². The third-order valence-corrected chi connectivity index (χ3v) is 2.19. The Labute approximate surface area is 87.9 Å². The molecular weight excluding hydrogens is 228 g/mol. The first kappa shape index (κ1) is 10.7. The van der Waals surface area contributed by atoms with Crippen LogP contribution in [0, 0.1) is 0 Å². The van der Waals surface area contributed by atoms with Crippen LogP contribution in [0.4, 0.5) is 0 Å². The molecule has 0 atom stereocenters. The van der Waals surface area contributed by atoms with Gasteiger partial charge < -0.3 is 5.32 Å². The zero-order valence-corrected chi connectivity index (χ0v) is 9.63. The zero-order chi connectivity index (χ0) is 9.68. The molecule has 0 fully saturated rings. The molecule has 0 aromatic carbocycles. The monoisotopic (exact) mass is 242 g/mol. The molecule has 1 aromatic rings. The average Bonchev–Trinajstić information content (AvgIpc) is 2.08. The number of hydrogen-bond donors (Lipinski definition) is 1. The third-order valence-electron chi connectivity index (χ3n) is 1.72. The number of nitrogens with one attached hydrogen (secondary N) is 1.